The number of carbonyl (C=O) groups is 1. The summed E-state index contributed by atoms with van der Waals surface area (Å²) in [7, 11) is 0. The van der Waals surface area contributed by atoms with E-state index < -0.39 is 0 Å². The van der Waals surface area contributed by atoms with E-state index in [1.807, 2.05) is 31.2 Å². The average molecular weight is 330 g/mol. The van der Waals surface area contributed by atoms with Gasteiger partial charge in [-0.25, -0.2) is 4.39 Å². The summed E-state index contributed by atoms with van der Waals surface area (Å²) in [5.74, 6) is 0.532. The number of ether oxygens (including phenoxy) is 1. The Morgan fingerprint density at radius 2 is 1.75 bits per heavy atom. The molecule has 0 heterocycles. The van der Waals surface area contributed by atoms with Crippen LogP contribution < -0.4 is 15.4 Å². The number of benzene rings is 2. The number of rotatable bonds is 9. The standard InChI is InChI=1S/C19H23FN2O2/c1-2-24-18-9-7-17(8-10-18)22-19(23)12-14-21-13-11-15-3-5-16(20)6-4-15/h3-10,21H,2,11-14H2,1H3,(H,22,23). The van der Waals surface area contributed by atoms with E-state index in [2.05, 4.69) is 10.6 Å². The Labute approximate surface area is 142 Å². The summed E-state index contributed by atoms with van der Waals surface area (Å²) >= 11 is 0. The monoisotopic (exact) mass is 330 g/mol. The molecule has 0 spiro atoms. The predicted octanol–water partition coefficient (Wildman–Crippen LogP) is 3.39. The molecular formula is C19H23FN2O2. The molecule has 1 amide bonds. The van der Waals surface area contributed by atoms with Gasteiger partial charge in [0.15, 0.2) is 0 Å². The van der Waals surface area contributed by atoms with Gasteiger partial charge in [-0.2, -0.15) is 0 Å². The number of anilines is 1. The molecule has 2 N–H and O–H groups in total. The average Bonchev–Trinajstić information content (AvgIpc) is 2.58. The van der Waals surface area contributed by atoms with Crippen molar-refractivity contribution >= 4 is 11.6 Å². The van der Waals surface area contributed by atoms with Gasteiger partial charge in [0.2, 0.25) is 5.91 Å². The third-order valence-corrected chi connectivity index (χ3v) is 3.48. The Balaban J connectivity index is 1.61. The zero-order valence-corrected chi connectivity index (χ0v) is 13.8. The zero-order chi connectivity index (χ0) is 17.2. The minimum Gasteiger partial charge on any atom is -0.494 e. The van der Waals surface area contributed by atoms with Crippen LogP contribution in [0.1, 0.15) is 18.9 Å². The van der Waals surface area contributed by atoms with Crippen LogP contribution in [0.5, 0.6) is 5.75 Å². The van der Waals surface area contributed by atoms with Crippen LogP contribution in [0.25, 0.3) is 0 Å². The molecule has 0 aliphatic heterocycles. The summed E-state index contributed by atoms with van der Waals surface area (Å²) in [5, 5.41) is 6.07. The second kappa shape index (κ2) is 9.67. The van der Waals surface area contributed by atoms with E-state index in [1.165, 1.54) is 12.1 Å². The van der Waals surface area contributed by atoms with Crippen LogP contribution in [0.3, 0.4) is 0 Å². The molecule has 0 aliphatic carbocycles. The van der Waals surface area contributed by atoms with Crippen LogP contribution in [0.15, 0.2) is 48.5 Å². The molecule has 5 heteroatoms. The maximum Gasteiger partial charge on any atom is 0.225 e. The molecule has 0 unspecified atom stereocenters. The van der Waals surface area contributed by atoms with Crippen LogP contribution in [0.4, 0.5) is 10.1 Å². The summed E-state index contributed by atoms with van der Waals surface area (Å²) in [6.45, 7) is 3.90. The molecule has 0 atom stereocenters. The molecule has 24 heavy (non-hydrogen) atoms. The van der Waals surface area contributed by atoms with Crippen molar-refractivity contribution in [3.05, 3.63) is 59.9 Å². The Hall–Kier alpha value is -2.40. The Morgan fingerprint density at radius 1 is 1.04 bits per heavy atom. The molecule has 0 fully saturated rings. The van der Waals surface area contributed by atoms with Gasteiger partial charge in [0.1, 0.15) is 11.6 Å². The van der Waals surface area contributed by atoms with Gasteiger partial charge in [0, 0.05) is 18.7 Å². The van der Waals surface area contributed by atoms with Crippen LogP contribution >= 0.6 is 0 Å². The molecule has 2 aromatic rings. The van der Waals surface area contributed by atoms with E-state index in [-0.39, 0.29) is 11.7 Å². The first-order valence-electron chi connectivity index (χ1n) is 8.15. The number of hydrogen-bond donors (Lipinski definition) is 2. The van der Waals surface area contributed by atoms with E-state index in [1.54, 1.807) is 12.1 Å². The van der Waals surface area contributed by atoms with Crippen molar-refractivity contribution in [2.45, 2.75) is 19.8 Å². The number of amides is 1. The lowest BCUT2D eigenvalue weighted by Crippen LogP contribution is -2.23. The molecule has 2 aromatic carbocycles. The van der Waals surface area contributed by atoms with Crippen molar-refractivity contribution < 1.29 is 13.9 Å². The molecule has 128 valence electrons. The summed E-state index contributed by atoms with van der Waals surface area (Å²) < 4.78 is 18.1. The lowest BCUT2D eigenvalue weighted by Gasteiger charge is -2.08. The van der Waals surface area contributed by atoms with Crippen molar-refractivity contribution in [3.63, 3.8) is 0 Å². The largest absolute Gasteiger partial charge is 0.494 e. The fourth-order valence-electron chi connectivity index (χ4n) is 2.24. The molecule has 4 nitrogen and oxygen atoms in total. The quantitative estimate of drug-likeness (QED) is 0.693. The summed E-state index contributed by atoms with van der Waals surface area (Å²) in [4.78, 5) is 11.9. The Morgan fingerprint density at radius 3 is 2.42 bits per heavy atom. The summed E-state index contributed by atoms with van der Waals surface area (Å²) in [5.41, 5.74) is 1.83. The van der Waals surface area contributed by atoms with E-state index in [0.717, 1.165) is 30.0 Å². The van der Waals surface area contributed by atoms with Crippen molar-refractivity contribution in [3.8, 4) is 5.75 Å². The smallest absolute Gasteiger partial charge is 0.225 e. The van der Waals surface area contributed by atoms with Crippen molar-refractivity contribution in [1.82, 2.24) is 5.32 Å². The van der Waals surface area contributed by atoms with Gasteiger partial charge in [0.25, 0.3) is 0 Å². The minimum atomic E-state index is -0.224. The highest BCUT2D eigenvalue weighted by Crippen LogP contribution is 2.15. The molecule has 0 aliphatic rings. The van der Waals surface area contributed by atoms with Crippen LogP contribution in [-0.2, 0) is 11.2 Å². The predicted molar refractivity (Wildman–Crippen MR) is 93.8 cm³/mol. The maximum absolute atomic E-state index is 12.8. The fraction of sp³-hybridized carbons (Fsp3) is 0.316. The van der Waals surface area contributed by atoms with Gasteiger partial charge >= 0.3 is 0 Å². The van der Waals surface area contributed by atoms with E-state index in [4.69, 9.17) is 4.74 Å². The summed E-state index contributed by atoms with van der Waals surface area (Å²) in [6, 6.07) is 13.8. The number of hydrogen-bond acceptors (Lipinski definition) is 3. The highest BCUT2D eigenvalue weighted by molar-refractivity contribution is 5.90. The van der Waals surface area contributed by atoms with E-state index >= 15 is 0 Å². The fourth-order valence-corrected chi connectivity index (χ4v) is 2.24. The lowest BCUT2D eigenvalue weighted by molar-refractivity contribution is -0.116. The SMILES string of the molecule is CCOc1ccc(NC(=O)CCNCCc2ccc(F)cc2)cc1. The van der Waals surface area contributed by atoms with Crippen LogP contribution in [0, 0.1) is 5.82 Å². The van der Waals surface area contributed by atoms with Gasteiger partial charge in [-0.15, -0.1) is 0 Å². The van der Waals surface area contributed by atoms with E-state index in [0.29, 0.717) is 19.6 Å². The first-order chi connectivity index (χ1) is 11.7. The molecule has 0 radical (unpaired) electrons. The molecule has 2 rings (SSSR count). The second-order valence-electron chi connectivity index (χ2n) is 5.38. The number of nitrogens with one attached hydrogen (secondary N) is 2. The lowest BCUT2D eigenvalue weighted by atomic mass is 10.1. The van der Waals surface area contributed by atoms with Gasteiger partial charge in [-0.3, -0.25) is 4.79 Å². The van der Waals surface area contributed by atoms with Crippen molar-refractivity contribution in [2.24, 2.45) is 0 Å². The highest BCUT2D eigenvalue weighted by Gasteiger charge is 2.02. The van der Waals surface area contributed by atoms with Crippen LogP contribution in [0.2, 0.25) is 0 Å². The van der Waals surface area contributed by atoms with Gasteiger partial charge in [-0.05, 0) is 61.9 Å². The molecular weight excluding hydrogens is 307 g/mol. The Kier molecular flexibility index (Phi) is 7.23. The number of halogens is 1. The third kappa shape index (κ3) is 6.38. The summed E-state index contributed by atoms with van der Waals surface area (Å²) in [6.07, 6.45) is 1.21. The van der Waals surface area contributed by atoms with Crippen molar-refractivity contribution in [2.75, 3.05) is 25.0 Å². The Bertz CT molecular complexity index is 627. The first-order valence-corrected chi connectivity index (χ1v) is 8.15. The first kappa shape index (κ1) is 17.9. The zero-order valence-electron chi connectivity index (χ0n) is 13.8. The maximum atomic E-state index is 12.8. The normalized spacial score (nSPS) is 10.4. The molecule has 0 saturated heterocycles. The molecule has 0 bridgehead atoms. The highest BCUT2D eigenvalue weighted by atomic mass is 19.1. The topological polar surface area (TPSA) is 50.4 Å². The van der Waals surface area contributed by atoms with Gasteiger partial charge in [0.05, 0.1) is 6.61 Å². The second-order valence-corrected chi connectivity index (χ2v) is 5.38. The van der Waals surface area contributed by atoms with E-state index in [9.17, 15) is 9.18 Å². The number of carbonyl (C=O) groups excluding carboxylic acids is 1. The minimum absolute atomic E-state index is 0.0338. The molecule has 0 aromatic heterocycles. The third-order valence-electron chi connectivity index (χ3n) is 3.48. The van der Waals surface area contributed by atoms with Gasteiger partial charge < -0.3 is 15.4 Å². The van der Waals surface area contributed by atoms with Gasteiger partial charge in [-0.1, -0.05) is 12.1 Å². The van der Waals surface area contributed by atoms with Crippen molar-refractivity contribution in [1.29, 1.82) is 0 Å². The van der Waals surface area contributed by atoms with Crippen LogP contribution in [-0.4, -0.2) is 25.6 Å². The molecule has 0 saturated carbocycles.